The third kappa shape index (κ3) is 6.64. The Hall–Kier alpha value is -0.152. The van der Waals surface area contributed by atoms with Crippen molar-refractivity contribution in [1.82, 2.24) is 0 Å². The van der Waals surface area contributed by atoms with Crippen LogP contribution in [0, 0.1) is 0 Å². The van der Waals surface area contributed by atoms with Crippen LogP contribution < -0.4 is 0 Å². The Morgan fingerprint density at radius 2 is 1.00 bits per heavy atom. The molecule has 2 radical (unpaired) electrons. The van der Waals surface area contributed by atoms with Gasteiger partial charge in [-0.15, -0.1) is 0 Å². The predicted molar refractivity (Wildman–Crippen MR) is 83.9 cm³/mol. The Bertz CT molecular complexity index is 557. The van der Waals surface area contributed by atoms with Gasteiger partial charge in [-0.2, -0.15) is 22.8 Å². The molecule has 2 aliphatic rings. The van der Waals surface area contributed by atoms with Crippen LogP contribution in [0.3, 0.4) is 0 Å². The van der Waals surface area contributed by atoms with Crippen molar-refractivity contribution in [2.45, 2.75) is 20.8 Å². The molecule has 0 unspecified atom stereocenters. The van der Waals surface area contributed by atoms with Gasteiger partial charge in [0.1, 0.15) is 0 Å². The van der Waals surface area contributed by atoms with E-state index < -0.39 is 0 Å². The fraction of sp³-hybridized carbons (Fsp3) is 0.200. The third-order valence-electron chi connectivity index (χ3n) is 2.77. The summed E-state index contributed by atoms with van der Waals surface area (Å²) in [7, 11) is 0. The van der Waals surface area contributed by atoms with Crippen molar-refractivity contribution in [2.24, 2.45) is 0 Å². The van der Waals surface area contributed by atoms with Crippen LogP contribution in [0.25, 0.3) is 21.6 Å². The largest absolute Gasteiger partial charge is 0.805 e. The molecule has 104 valence electrons. The van der Waals surface area contributed by atoms with Crippen molar-refractivity contribution in [2.75, 3.05) is 0 Å². The molecule has 0 fully saturated rings. The average molecular weight is 428 g/mol. The van der Waals surface area contributed by atoms with Gasteiger partial charge in [0.15, 0.2) is 0 Å². The smallest absolute Gasteiger partial charge is 0 e. The summed E-state index contributed by atoms with van der Waals surface area (Å²) in [6.45, 7) is 5.22. The van der Waals surface area contributed by atoms with E-state index in [1.807, 2.05) is 0 Å². The second-order valence-electron chi connectivity index (χ2n) is 4.34. The molecule has 0 heterocycles. The molecule has 2 aliphatic carbocycles. The van der Waals surface area contributed by atoms with Crippen LogP contribution in [-0.4, -0.2) is 22.8 Å². The van der Waals surface area contributed by atoms with Gasteiger partial charge in [-0.1, -0.05) is 47.1 Å². The van der Waals surface area contributed by atoms with Crippen molar-refractivity contribution in [3.05, 3.63) is 68.7 Å². The molecular formula is C15H14N4Y2-4. The molecular weight excluding hydrogens is 414 g/mol. The van der Waals surface area contributed by atoms with E-state index in [2.05, 4.69) is 0 Å². The van der Waals surface area contributed by atoms with E-state index in [9.17, 15) is 0 Å². The molecule has 0 atom stereocenters. The number of nitrogens with zero attached hydrogens (tertiary/aromatic N) is 4. The first-order chi connectivity index (χ1) is 8.84. The van der Waals surface area contributed by atoms with Gasteiger partial charge in [-0.05, 0) is 20.8 Å². The van der Waals surface area contributed by atoms with Crippen LogP contribution >= 0.6 is 0 Å². The topological polar surface area (TPSA) is 89.2 Å². The van der Waals surface area contributed by atoms with Crippen molar-refractivity contribution in [3.8, 4) is 0 Å². The van der Waals surface area contributed by atoms with Crippen LogP contribution in [0.1, 0.15) is 20.8 Å². The first kappa shape index (κ1) is 23.1. The normalized spacial score (nSPS) is 16.6. The van der Waals surface area contributed by atoms with E-state index in [0.29, 0.717) is 16.7 Å². The molecule has 0 bridgehead atoms. The van der Waals surface area contributed by atoms with Crippen molar-refractivity contribution < 1.29 is 65.4 Å². The molecule has 0 amide bonds. The van der Waals surface area contributed by atoms with Crippen molar-refractivity contribution in [3.63, 3.8) is 0 Å². The van der Waals surface area contributed by atoms with E-state index in [1.165, 1.54) is 6.08 Å². The molecule has 4 nitrogen and oxygen atoms in total. The molecule has 6 heteroatoms. The summed E-state index contributed by atoms with van der Waals surface area (Å²) in [5, 5.41) is 36.1. The standard InChI is InChI=1S/C8H8N2.C7H6N2.2Y/c1-5-3-4-6(2)8(10)7(5)9;1-5-3-2-4-6(8)7(5)9;;/h3-4H,1-2H3;2-4H,1H3;;/q2*-2;;. The summed E-state index contributed by atoms with van der Waals surface area (Å²) >= 11 is 0. The van der Waals surface area contributed by atoms with Crippen LogP contribution in [-0.2, 0) is 65.4 Å². The zero-order chi connectivity index (χ0) is 14.6. The Balaban J connectivity index is 0. The first-order valence-electron chi connectivity index (χ1n) is 5.80. The number of allylic oxidation sites excluding steroid dienone is 8. The Labute approximate surface area is 176 Å². The van der Waals surface area contributed by atoms with Gasteiger partial charge in [0.25, 0.3) is 0 Å². The quantitative estimate of drug-likeness (QED) is 0.530. The van der Waals surface area contributed by atoms with Crippen LogP contribution in [0.4, 0.5) is 0 Å². The maximum atomic E-state index is 9.14. The van der Waals surface area contributed by atoms with E-state index in [-0.39, 0.29) is 88.3 Å². The summed E-state index contributed by atoms with van der Waals surface area (Å²) in [5.41, 5.74) is 1.97. The van der Waals surface area contributed by atoms with Gasteiger partial charge < -0.3 is 21.6 Å². The molecule has 0 spiro atoms. The van der Waals surface area contributed by atoms with E-state index in [4.69, 9.17) is 21.6 Å². The second kappa shape index (κ2) is 10.6. The summed E-state index contributed by atoms with van der Waals surface area (Å²) in [6, 6.07) is 0. The molecule has 0 aromatic rings. The summed E-state index contributed by atoms with van der Waals surface area (Å²) in [6.07, 6.45) is 8.40. The molecule has 0 aromatic heterocycles. The maximum Gasteiger partial charge on any atom is 0 e. The van der Waals surface area contributed by atoms with Gasteiger partial charge in [0.2, 0.25) is 0 Å². The Kier molecular flexibility index (Phi) is 11.6. The molecule has 0 saturated heterocycles. The van der Waals surface area contributed by atoms with Gasteiger partial charge in [0, 0.05) is 65.4 Å². The monoisotopic (exact) mass is 428 g/mol. The summed E-state index contributed by atoms with van der Waals surface area (Å²) < 4.78 is 0. The van der Waals surface area contributed by atoms with Crippen LogP contribution in [0.2, 0.25) is 0 Å². The Morgan fingerprint density at radius 1 is 0.619 bits per heavy atom. The van der Waals surface area contributed by atoms with Crippen molar-refractivity contribution >= 4 is 22.8 Å². The van der Waals surface area contributed by atoms with E-state index >= 15 is 0 Å². The molecule has 2 rings (SSSR count). The fourth-order valence-corrected chi connectivity index (χ4v) is 1.42. The number of hydrogen-bond donors (Lipinski definition) is 0. The maximum absolute atomic E-state index is 9.14. The fourth-order valence-electron chi connectivity index (χ4n) is 1.42. The zero-order valence-corrected chi connectivity index (χ0v) is 18.0. The minimum Gasteiger partial charge on any atom is -0.805 e. The zero-order valence-electron chi connectivity index (χ0n) is 12.3. The van der Waals surface area contributed by atoms with Gasteiger partial charge in [-0.25, -0.2) is 0 Å². The SMILES string of the molecule is CC1=CC=C(C)C(=[N-])C1=[N-].CC1=CC=CC(=[N-])C1=[N-].[Y].[Y]. The molecule has 0 aliphatic heterocycles. The minimum atomic E-state index is -0.0602. The van der Waals surface area contributed by atoms with Gasteiger partial charge in [0.05, 0.1) is 0 Å². The molecule has 0 aromatic carbocycles. The predicted octanol–water partition coefficient (Wildman–Crippen LogP) is 3.43. The number of rotatable bonds is 0. The molecule has 0 N–H and O–H groups in total. The molecule has 0 saturated carbocycles. The Morgan fingerprint density at radius 3 is 1.33 bits per heavy atom. The molecule has 21 heavy (non-hydrogen) atoms. The van der Waals surface area contributed by atoms with Crippen LogP contribution in [0.15, 0.2) is 47.1 Å². The van der Waals surface area contributed by atoms with Crippen LogP contribution in [0.5, 0.6) is 0 Å². The van der Waals surface area contributed by atoms with Crippen molar-refractivity contribution in [1.29, 1.82) is 0 Å². The number of hydrogen-bond acceptors (Lipinski definition) is 0. The average Bonchev–Trinajstić information content (AvgIpc) is 2.39. The second-order valence-corrected chi connectivity index (χ2v) is 4.34. The first-order valence-corrected chi connectivity index (χ1v) is 5.80. The third-order valence-corrected chi connectivity index (χ3v) is 2.77. The van der Waals surface area contributed by atoms with Gasteiger partial charge in [-0.3, -0.25) is 0 Å². The van der Waals surface area contributed by atoms with E-state index in [0.717, 1.165) is 0 Å². The van der Waals surface area contributed by atoms with Gasteiger partial charge >= 0.3 is 0 Å². The minimum absolute atomic E-state index is 0. The van der Waals surface area contributed by atoms with E-state index in [1.54, 1.807) is 45.1 Å². The summed E-state index contributed by atoms with van der Waals surface area (Å²) in [4.78, 5) is 0. The summed E-state index contributed by atoms with van der Waals surface area (Å²) in [5.74, 6) is 0.